The van der Waals surface area contributed by atoms with Crippen LogP contribution in [0.25, 0.3) is 0 Å². The van der Waals surface area contributed by atoms with Crippen LogP contribution in [0.1, 0.15) is 76.1 Å². The Kier molecular flexibility index (Phi) is 9.89. The fourth-order valence-electron chi connectivity index (χ4n) is 7.90. The van der Waals surface area contributed by atoms with Crippen molar-refractivity contribution in [3.63, 3.8) is 0 Å². The van der Waals surface area contributed by atoms with Crippen molar-refractivity contribution >= 4 is 43.1 Å². The van der Waals surface area contributed by atoms with Crippen molar-refractivity contribution < 1.29 is 18.9 Å². The van der Waals surface area contributed by atoms with Gasteiger partial charge in [-0.1, -0.05) is 56.3 Å². The Morgan fingerprint density at radius 2 is 1.86 bits per heavy atom. The van der Waals surface area contributed by atoms with E-state index in [-0.39, 0.29) is 47.3 Å². The van der Waals surface area contributed by atoms with Gasteiger partial charge in [-0.15, -0.1) is 12.4 Å². The van der Waals surface area contributed by atoms with E-state index in [0.29, 0.717) is 36.9 Å². The number of halogens is 1. The summed E-state index contributed by atoms with van der Waals surface area (Å²) in [4.78, 5) is 31.4. The highest BCUT2D eigenvalue weighted by Crippen LogP contribution is 2.65. The maximum atomic E-state index is 13.8. The van der Waals surface area contributed by atoms with Gasteiger partial charge in [0.1, 0.15) is 6.04 Å². The predicted molar refractivity (Wildman–Crippen MR) is 173 cm³/mol. The Morgan fingerprint density at radius 3 is 2.60 bits per heavy atom. The van der Waals surface area contributed by atoms with Crippen LogP contribution in [0.5, 0.6) is 0 Å². The molecule has 7 rings (SSSR count). The largest absolute Gasteiger partial charge is 0.481 e. The van der Waals surface area contributed by atoms with Crippen molar-refractivity contribution in [3.05, 3.63) is 60.2 Å². The zero-order valence-electron chi connectivity index (χ0n) is 25.5. The maximum Gasteiger partial charge on any atom is 0.481 e. The second kappa shape index (κ2) is 13.1. The van der Waals surface area contributed by atoms with E-state index in [4.69, 9.17) is 15.0 Å². The number of hydrogen-bond acceptors (Lipinski definition) is 6. The van der Waals surface area contributed by atoms with E-state index in [1.54, 1.807) is 16.7 Å². The van der Waals surface area contributed by atoms with Crippen LogP contribution in [-0.2, 0) is 14.1 Å². The Bertz CT molecular complexity index is 1300. The molecule has 2 amide bonds. The molecule has 2 aliphatic heterocycles. The smallest absolute Gasteiger partial charge is 0.404 e. The normalized spacial score (nSPS) is 29.3. The molecule has 10 heteroatoms. The lowest BCUT2D eigenvalue weighted by Crippen LogP contribution is -2.65. The number of carbonyl (C=O) groups is 2. The van der Waals surface area contributed by atoms with Gasteiger partial charge in [0.2, 0.25) is 5.91 Å². The van der Waals surface area contributed by atoms with Crippen molar-refractivity contribution in [2.75, 3.05) is 13.1 Å². The Morgan fingerprint density at radius 1 is 1.09 bits per heavy atom. The number of nitrogens with two attached hydrogens (primary N) is 1. The Balaban J connectivity index is 0.00000368. The fraction of sp³-hybridized carbons (Fsp3) is 0.576. The molecule has 2 saturated heterocycles. The minimum atomic E-state index is -0.508. The molecule has 0 radical (unpaired) electrons. The van der Waals surface area contributed by atoms with E-state index in [2.05, 4.69) is 38.2 Å². The second-order valence-electron chi connectivity index (χ2n) is 13.3. The molecule has 0 unspecified atom stereocenters. The summed E-state index contributed by atoms with van der Waals surface area (Å²) >= 11 is 1.62. The molecule has 2 aromatic carbocycles. The Hall–Kier alpha value is -2.04. The monoisotopic (exact) mass is 625 g/mol. The first-order valence-corrected chi connectivity index (χ1v) is 16.5. The summed E-state index contributed by atoms with van der Waals surface area (Å²) < 4.78 is 13.3. The predicted octanol–water partition coefficient (Wildman–Crippen LogP) is 5.75. The number of nitrogens with one attached hydrogen (secondary N) is 1. The molecule has 5 aliphatic rings. The van der Waals surface area contributed by atoms with Crippen molar-refractivity contribution in [1.29, 1.82) is 0 Å². The van der Waals surface area contributed by atoms with Gasteiger partial charge in [0.05, 0.1) is 17.6 Å². The van der Waals surface area contributed by atoms with Gasteiger partial charge in [-0.25, -0.2) is 0 Å². The first-order chi connectivity index (χ1) is 20.2. The van der Waals surface area contributed by atoms with Gasteiger partial charge in [-0.2, -0.15) is 0 Å². The standard InChI is InChI=1S/C33H44BN3O4S.ClH/c1-32(2)23-20-27(32)33(3)28(21-23)40-34(41-33)29(16-7-8-17-35)36-30(38)26-15-10-18-37(26)31(39)22-11-9-14-25(19-22)42-24-12-5-4-6-13-24;/h4-6,9,11-14,19,23,26-29H,7-8,10,15-18,20-21,35H2,1-3H3,(H,36,38);1H/t23-,26-,27-,28+,29-,33-;/m0./s1. The molecule has 0 spiro atoms. The molecular formula is C33H45BClN3O4S. The summed E-state index contributed by atoms with van der Waals surface area (Å²) in [6, 6.07) is 17.3. The molecule has 2 heterocycles. The van der Waals surface area contributed by atoms with Crippen LogP contribution in [0.2, 0.25) is 0 Å². The van der Waals surface area contributed by atoms with Gasteiger partial charge >= 0.3 is 7.12 Å². The molecule has 2 aromatic rings. The van der Waals surface area contributed by atoms with Gasteiger partial charge in [-0.3, -0.25) is 9.59 Å². The minimum Gasteiger partial charge on any atom is -0.404 e. The average Bonchev–Trinajstić information content (AvgIpc) is 3.61. The van der Waals surface area contributed by atoms with E-state index in [1.807, 2.05) is 42.5 Å². The van der Waals surface area contributed by atoms with Crippen LogP contribution < -0.4 is 11.1 Å². The van der Waals surface area contributed by atoms with Crippen molar-refractivity contribution in [2.24, 2.45) is 23.0 Å². The summed E-state index contributed by atoms with van der Waals surface area (Å²) in [6.45, 7) is 8.09. The number of amides is 2. The van der Waals surface area contributed by atoms with Crippen LogP contribution in [0.3, 0.4) is 0 Å². The van der Waals surface area contributed by atoms with Crippen molar-refractivity contribution in [1.82, 2.24) is 10.2 Å². The van der Waals surface area contributed by atoms with Gasteiger partial charge in [0.15, 0.2) is 0 Å². The molecule has 7 nitrogen and oxygen atoms in total. The number of nitrogens with zero attached hydrogens (tertiary/aromatic N) is 1. The van der Waals surface area contributed by atoms with Crippen LogP contribution in [0, 0.1) is 17.3 Å². The van der Waals surface area contributed by atoms with Gasteiger partial charge in [0, 0.05) is 21.9 Å². The molecule has 232 valence electrons. The number of carbonyl (C=O) groups excluding carboxylic acids is 2. The number of benzene rings is 2. The molecule has 43 heavy (non-hydrogen) atoms. The third-order valence-electron chi connectivity index (χ3n) is 10.5. The fourth-order valence-corrected chi connectivity index (χ4v) is 8.80. The molecule has 0 aromatic heterocycles. The molecular weight excluding hydrogens is 581 g/mol. The van der Waals surface area contributed by atoms with E-state index in [1.165, 1.54) is 6.42 Å². The average molecular weight is 626 g/mol. The van der Waals surface area contributed by atoms with Gasteiger partial charge in [-0.05, 0) is 99.6 Å². The zero-order valence-corrected chi connectivity index (χ0v) is 27.1. The highest BCUT2D eigenvalue weighted by molar-refractivity contribution is 7.99. The summed E-state index contributed by atoms with van der Waals surface area (Å²) in [5.74, 6) is 0.616. The van der Waals surface area contributed by atoms with Crippen molar-refractivity contribution in [3.8, 4) is 0 Å². The highest BCUT2D eigenvalue weighted by Gasteiger charge is 2.68. The number of hydrogen-bond donors (Lipinski definition) is 2. The van der Waals surface area contributed by atoms with E-state index >= 15 is 0 Å². The van der Waals surface area contributed by atoms with E-state index < -0.39 is 13.2 Å². The highest BCUT2D eigenvalue weighted by atomic mass is 35.5. The molecule has 5 fully saturated rings. The van der Waals surface area contributed by atoms with Crippen LogP contribution in [0.15, 0.2) is 64.4 Å². The third kappa shape index (κ3) is 6.25. The number of likely N-dealkylation sites (tertiary alicyclic amines) is 1. The minimum absolute atomic E-state index is 0. The maximum absolute atomic E-state index is 13.8. The molecule has 6 atom stereocenters. The molecule has 3 N–H and O–H groups in total. The van der Waals surface area contributed by atoms with Gasteiger partial charge in [0.25, 0.3) is 5.91 Å². The first kappa shape index (κ1) is 32.4. The summed E-state index contributed by atoms with van der Waals surface area (Å²) in [5, 5.41) is 3.29. The zero-order chi connectivity index (χ0) is 29.5. The summed E-state index contributed by atoms with van der Waals surface area (Å²) in [7, 11) is -0.492. The third-order valence-corrected chi connectivity index (χ3v) is 11.5. The molecule has 3 saturated carbocycles. The van der Waals surface area contributed by atoms with Gasteiger partial charge < -0.3 is 25.3 Å². The lowest BCUT2D eigenvalue weighted by Gasteiger charge is -2.64. The summed E-state index contributed by atoms with van der Waals surface area (Å²) in [6.07, 6.45) is 6.18. The lowest BCUT2D eigenvalue weighted by molar-refractivity contribution is -0.199. The van der Waals surface area contributed by atoms with E-state index in [0.717, 1.165) is 41.9 Å². The quantitative estimate of drug-likeness (QED) is 0.258. The summed E-state index contributed by atoms with van der Waals surface area (Å²) in [5.41, 5.74) is 6.33. The molecule has 3 aliphatic carbocycles. The van der Waals surface area contributed by atoms with E-state index in [9.17, 15) is 9.59 Å². The number of rotatable bonds is 10. The number of unbranched alkanes of at least 4 members (excludes halogenated alkanes) is 1. The van der Waals surface area contributed by atoms with Crippen LogP contribution >= 0.6 is 24.2 Å². The Labute approximate surface area is 266 Å². The lowest BCUT2D eigenvalue weighted by atomic mass is 9.43. The topological polar surface area (TPSA) is 93.9 Å². The van der Waals surface area contributed by atoms with Crippen LogP contribution in [-0.4, -0.2) is 60.6 Å². The SMILES string of the molecule is CC1(C)[C@@H]2C[C@H]3OB([C@H](CCCCN)NC(=O)[C@@H]4CCCN4C(=O)c4cccc(Sc5ccccc5)c4)O[C@@]3(C)[C@H]1C2.Cl. The van der Waals surface area contributed by atoms with Crippen molar-refractivity contribution in [2.45, 2.75) is 99.2 Å². The second-order valence-corrected chi connectivity index (χ2v) is 14.5. The van der Waals surface area contributed by atoms with Crippen LogP contribution in [0.4, 0.5) is 0 Å². The molecule has 2 bridgehead atoms. The first-order valence-electron chi connectivity index (χ1n) is 15.7.